The van der Waals surface area contributed by atoms with Crippen molar-refractivity contribution in [3.8, 4) is 0 Å². The Morgan fingerprint density at radius 2 is 2.08 bits per heavy atom. The molecule has 0 aromatic carbocycles. The van der Waals surface area contributed by atoms with Gasteiger partial charge in [-0.25, -0.2) is 4.98 Å². The predicted molar refractivity (Wildman–Crippen MR) is 116 cm³/mol. The summed E-state index contributed by atoms with van der Waals surface area (Å²) >= 11 is 3.17. The van der Waals surface area contributed by atoms with Crippen LogP contribution < -0.4 is 16.0 Å². The number of nitrogens with one attached hydrogen (secondary N) is 3. The highest BCUT2D eigenvalue weighted by molar-refractivity contribution is 14.0. The third-order valence-electron chi connectivity index (χ3n) is 3.26. The maximum absolute atomic E-state index is 11.8. The molecule has 0 atom stereocenters. The first-order chi connectivity index (χ1) is 11.7. The standard InChI is InChI=1S/C16H23N5OS2.HI/c1-3-12-10-20-14(24-12)11-21-16(17-2)19-8-5-7-18-15(22)13-6-4-9-23-13;/h4,6,9-10H,3,5,7-8,11H2,1-2H3,(H,18,22)(H2,17,19,21);1H. The number of thiazole rings is 1. The molecular weight excluding hydrogens is 469 g/mol. The van der Waals surface area contributed by atoms with E-state index in [-0.39, 0.29) is 29.9 Å². The Labute approximate surface area is 173 Å². The second kappa shape index (κ2) is 12.2. The first-order valence-corrected chi connectivity index (χ1v) is 9.62. The fourth-order valence-electron chi connectivity index (χ4n) is 1.97. The fraction of sp³-hybridized carbons (Fsp3) is 0.438. The van der Waals surface area contributed by atoms with Crippen LogP contribution >= 0.6 is 46.7 Å². The summed E-state index contributed by atoms with van der Waals surface area (Å²) in [6, 6.07) is 3.70. The smallest absolute Gasteiger partial charge is 0.261 e. The molecule has 2 rings (SSSR count). The van der Waals surface area contributed by atoms with E-state index in [1.165, 1.54) is 16.2 Å². The molecule has 2 aromatic rings. The first kappa shape index (κ1) is 21.8. The van der Waals surface area contributed by atoms with Gasteiger partial charge < -0.3 is 16.0 Å². The second-order valence-electron chi connectivity index (χ2n) is 5.01. The zero-order chi connectivity index (χ0) is 17.2. The average molecular weight is 493 g/mol. The SMILES string of the molecule is CCc1cnc(CNC(=NC)NCCCNC(=O)c2cccs2)s1.I. The molecule has 0 saturated heterocycles. The van der Waals surface area contributed by atoms with Crippen molar-refractivity contribution in [1.29, 1.82) is 0 Å². The number of aromatic nitrogens is 1. The second-order valence-corrected chi connectivity index (χ2v) is 7.16. The van der Waals surface area contributed by atoms with Crippen molar-refractivity contribution in [2.45, 2.75) is 26.3 Å². The molecule has 2 aromatic heterocycles. The molecule has 6 nitrogen and oxygen atoms in total. The summed E-state index contributed by atoms with van der Waals surface area (Å²) in [7, 11) is 1.74. The van der Waals surface area contributed by atoms with Gasteiger partial charge in [0.2, 0.25) is 0 Å². The van der Waals surface area contributed by atoms with Crippen LogP contribution in [-0.2, 0) is 13.0 Å². The number of guanidine groups is 1. The van der Waals surface area contributed by atoms with Gasteiger partial charge in [0, 0.05) is 31.2 Å². The molecule has 0 spiro atoms. The van der Waals surface area contributed by atoms with Gasteiger partial charge in [0.05, 0.1) is 11.4 Å². The minimum absolute atomic E-state index is 0. The fourth-order valence-corrected chi connectivity index (χ4v) is 3.41. The minimum atomic E-state index is -0.0111. The quantitative estimate of drug-likeness (QED) is 0.229. The molecule has 0 saturated carbocycles. The van der Waals surface area contributed by atoms with Crippen molar-refractivity contribution < 1.29 is 4.79 Å². The van der Waals surface area contributed by atoms with Gasteiger partial charge in [0.15, 0.2) is 5.96 Å². The van der Waals surface area contributed by atoms with E-state index in [0.29, 0.717) is 13.1 Å². The van der Waals surface area contributed by atoms with Gasteiger partial charge in [-0.15, -0.1) is 46.7 Å². The molecular formula is C16H24IN5OS2. The molecule has 1 amide bonds. The van der Waals surface area contributed by atoms with E-state index >= 15 is 0 Å². The molecule has 0 aliphatic heterocycles. The van der Waals surface area contributed by atoms with Crippen molar-refractivity contribution >= 4 is 58.5 Å². The molecule has 0 aliphatic carbocycles. The summed E-state index contributed by atoms with van der Waals surface area (Å²) in [5, 5.41) is 12.3. The summed E-state index contributed by atoms with van der Waals surface area (Å²) in [4.78, 5) is 22.4. The highest BCUT2D eigenvalue weighted by Gasteiger charge is 2.05. The van der Waals surface area contributed by atoms with E-state index in [4.69, 9.17) is 0 Å². The van der Waals surface area contributed by atoms with Crippen LogP contribution in [0.1, 0.15) is 32.9 Å². The van der Waals surface area contributed by atoms with Crippen LogP contribution in [0, 0.1) is 0 Å². The van der Waals surface area contributed by atoms with Gasteiger partial charge in [-0.3, -0.25) is 9.79 Å². The number of carbonyl (C=O) groups excluding carboxylic acids is 1. The van der Waals surface area contributed by atoms with Gasteiger partial charge in [-0.1, -0.05) is 13.0 Å². The summed E-state index contributed by atoms with van der Waals surface area (Å²) in [6.45, 7) is 4.16. The van der Waals surface area contributed by atoms with Crippen LogP contribution in [0.3, 0.4) is 0 Å². The van der Waals surface area contributed by atoms with Crippen LogP contribution in [0.5, 0.6) is 0 Å². The molecule has 0 fully saturated rings. The molecule has 25 heavy (non-hydrogen) atoms. The molecule has 0 aliphatic rings. The lowest BCUT2D eigenvalue weighted by molar-refractivity contribution is 0.0957. The molecule has 9 heteroatoms. The van der Waals surface area contributed by atoms with E-state index < -0.39 is 0 Å². The van der Waals surface area contributed by atoms with E-state index in [9.17, 15) is 4.79 Å². The van der Waals surface area contributed by atoms with Crippen LogP contribution in [0.2, 0.25) is 0 Å². The zero-order valence-corrected chi connectivity index (χ0v) is 18.3. The molecule has 0 bridgehead atoms. The van der Waals surface area contributed by atoms with Crippen LogP contribution in [0.15, 0.2) is 28.7 Å². The topological polar surface area (TPSA) is 78.4 Å². The third-order valence-corrected chi connectivity index (χ3v) is 5.27. The number of thiophene rings is 1. The van der Waals surface area contributed by atoms with E-state index in [2.05, 4.69) is 32.9 Å². The van der Waals surface area contributed by atoms with Gasteiger partial charge in [-0.2, -0.15) is 0 Å². The van der Waals surface area contributed by atoms with Crippen LogP contribution in [-0.4, -0.2) is 37.0 Å². The van der Waals surface area contributed by atoms with Gasteiger partial charge in [0.1, 0.15) is 5.01 Å². The molecule has 138 valence electrons. The lowest BCUT2D eigenvalue weighted by atomic mass is 10.4. The van der Waals surface area contributed by atoms with Crippen molar-refractivity contribution in [2.24, 2.45) is 4.99 Å². The Morgan fingerprint density at radius 1 is 1.28 bits per heavy atom. The van der Waals surface area contributed by atoms with E-state index in [1.807, 2.05) is 23.7 Å². The number of hydrogen-bond acceptors (Lipinski definition) is 5. The molecule has 2 heterocycles. The maximum atomic E-state index is 11.8. The average Bonchev–Trinajstić information content (AvgIpc) is 3.28. The van der Waals surface area contributed by atoms with Gasteiger partial charge >= 0.3 is 0 Å². The Hall–Kier alpha value is -1.20. The maximum Gasteiger partial charge on any atom is 0.261 e. The normalized spacial score (nSPS) is 10.9. The monoisotopic (exact) mass is 493 g/mol. The zero-order valence-electron chi connectivity index (χ0n) is 14.4. The summed E-state index contributed by atoms with van der Waals surface area (Å²) in [6.07, 6.45) is 3.77. The Kier molecular flexibility index (Phi) is 10.7. The summed E-state index contributed by atoms with van der Waals surface area (Å²) < 4.78 is 0. The highest BCUT2D eigenvalue weighted by atomic mass is 127. The lowest BCUT2D eigenvalue weighted by Gasteiger charge is -2.11. The van der Waals surface area contributed by atoms with Crippen LogP contribution in [0.4, 0.5) is 0 Å². The van der Waals surface area contributed by atoms with Crippen molar-refractivity contribution in [3.05, 3.63) is 38.5 Å². The number of hydrogen-bond donors (Lipinski definition) is 3. The minimum Gasteiger partial charge on any atom is -0.356 e. The first-order valence-electron chi connectivity index (χ1n) is 7.92. The van der Waals surface area contributed by atoms with Gasteiger partial charge in [-0.05, 0) is 24.3 Å². The summed E-state index contributed by atoms with van der Waals surface area (Å²) in [5.74, 6) is 0.732. The number of aliphatic imine (C=N–C) groups is 1. The molecule has 0 unspecified atom stereocenters. The van der Waals surface area contributed by atoms with Gasteiger partial charge in [0.25, 0.3) is 5.91 Å². The predicted octanol–water partition coefficient (Wildman–Crippen LogP) is 2.87. The number of carbonyl (C=O) groups is 1. The summed E-state index contributed by atoms with van der Waals surface area (Å²) in [5.41, 5.74) is 0. The van der Waals surface area contributed by atoms with Crippen molar-refractivity contribution in [2.75, 3.05) is 20.1 Å². The largest absolute Gasteiger partial charge is 0.356 e. The van der Waals surface area contributed by atoms with Crippen molar-refractivity contribution in [3.63, 3.8) is 0 Å². The van der Waals surface area contributed by atoms with E-state index in [0.717, 1.165) is 35.2 Å². The Bertz CT molecular complexity index is 657. The van der Waals surface area contributed by atoms with Crippen molar-refractivity contribution in [1.82, 2.24) is 20.9 Å². The Morgan fingerprint density at radius 3 is 2.72 bits per heavy atom. The molecule has 3 N–H and O–H groups in total. The highest BCUT2D eigenvalue weighted by Crippen LogP contribution is 2.12. The number of nitrogens with zero attached hydrogens (tertiary/aromatic N) is 2. The number of amides is 1. The number of rotatable bonds is 8. The number of aryl methyl sites for hydroxylation is 1. The molecule has 0 radical (unpaired) electrons. The Balaban J connectivity index is 0.00000312. The van der Waals surface area contributed by atoms with E-state index in [1.54, 1.807) is 18.4 Å². The number of halogens is 1. The third kappa shape index (κ3) is 7.70. The van der Waals surface area contributed by atoms with Crippen LogP contribution in [0.25, 0.3) is 0 Å². The lowest BCUT2D eigenvalue weighted by Crippen LogP contribution is -2.38.